The largest absolute Gasteiger partial charge is 0.465 e. The van der Waals surface area contributed by atoms with Crippen molar-refractivity contribution >= 4 is 5.97 Å². The maximum atomic E-state index is 11.7. The quantitative estimate of drug-likeness (QED) is 0.494. The van der Waals surface area contributed by atoms with Crippen LogP contribution >= 0.6 is 0 Å². The molecule has 0 atom stereocenters. The number of rotatable bonds is 8. The van der Waals surface area contributed by atoms with Crippen LogP contribution < -0.4 is 5.73 Å². The molecule has 0 bridgehead atoms. The molecular formula is C12H21NO2. The molecular weight excluding hydrogens is 190 g/mol. The first-order chi connectivity index (χ1) is 7.10. The molecule has 0 saturated heterocycles. The fourth-order valence-electron chi connectivity index (χ4n) is 1.32. The number of carbonyl (C=O) groups is 1. The number of ether oxygens (including phenoxy) is 1. The minimum absolute atomic E-state index is 0.325. The molecule has 0 aromatic carbocycles. The third kappa shape index (κ3) is 4.79. The summed E-state index contributed by atoms with van der Waals surface area (Å²) < 4.78 is 4.97. The minimum Gasteiger partial charge on any atom is -0.465 e. The summed E-state index contributed by atoms with van der Waals surface area (Å²) in [7, 11) is 0. The predicted molar refractivity (Wildman–Crippen MR) is 62.4 cm³/mol. The summed E-state index contributed by atoms with van der Waals surface area (Å²) in [5, 5.41) is 0. The van der Waals surface area contributed by atoms with E-state index in [2.05, 4.69) is 13.2 Å². The first-order valence-corrected chi connectivity index (χ1v) is 5.28. The Morgan fingerprint density at radius 2 is 1.80 bits per heavy atom. The maximum Gasteiger partial charge on any atom is 0.326 e. The SMILES string of the molecule is C=CCCC(N)(CCC=C)C(=O)OCC. The summed E-state index contributed by atoms with van der Waals surface area (Å²) in [6.07, 6.45) is 6.09. The number of hydrogen-bond donors (Lipinski definition) is 1. The second kappa shape index (κ2) is 7.23. The zero-order valence-corrected chi connectivity index (χ0v) is 9.50. The standard InChI is InChI=1S/C12H21NO2/c1-4-7-9-12(13,10-8-5-2)11(14)15-6-3/h4-5H,1-2,6-10,13H2,3H3. The number of allylic oxidation sites excluding steroid dienone is 2. The van der Waals surface area contributed by atoms with Gasteiger partial charge in [0.1, 0.15) is 5.54 Å². The summed E-state index contributed by atoms with van der Waals surface area (Å²) in [5.74, 6) is -0.325. The van der Waals surface area contributed by atoms with Gasteiger partial charge in [-0.1, -0.05) is 12.2 Å². The third-order valence-electron chi connectivity index (χ3n) is 2.27. The van der Waals surface area contributed by atoms with E-state index in [0.29, 0.717) is 32.3 Å². The smallest absolute Gasteiger partial charge is 0.326 e. The van der Waals surface area contributed by atoms with E-state index in [9.17, 15) is 4.79 Å². The van der Waals surface area contributed by atoms with Crippen LogP contribution in [0, 0.1) is 0 Å². The molecule has 0 aliphatic heterocycles. The molecule has 2 N–H and O–H groups in total. The molecule has 15 heavy (non-hydrogen) atoms. The Labute approximate surface area is 92.0 Å². The van der Waals surface area contributed by atoms with Crippen LogP contribution in [0.3, 0.4) is 0 Å². The Kier molecular flexibility index (Phi) is 6.71. The molecule has 0 amide bonds. The van der Waals surface area contributed by atoms with Gasteiger partial charge in [-0.25, -0.2) is 0 Å². The Bertz CT molecular complexity index is 212. The molecule has 0 aromatic heterocycles. The van der Waals surface area contributed by atoms with Gasteiger partial charge in [0.15, 0.2) is 0 Å². The second-order valence-electron chi connectivity index (χ2n) is 3.53. The lowest BCUT2D eigenvalue weighted by Crippen LogP contribution is -2.48. The minimum atomic E-state index is -0.890. The van der Waals surface area contributed by atoms with E-state index >= 15 is 0 Å². The van der Waals surface area contributed by atoms with E-state index < -0.39 is 5.54 Å². The van der Waals surface area contributed by atoms with Crippen molar-refractivity contribution in [3.63, 3.8) is 0 Å². The zero-order chi connectivity index (χ0) is 11.7. The highest BCUT2D eigenvalue weighted by atomic mass is 16.5. The molecule has 0 fully saturated rings. The third-order valence-corrected chi connectivity index (χ3v) is 2.27. The normalized spacial score (nSPS) is 10.8. The average Bonchev–Trinajstić information content (AvgIpc) is 2.24. The van der Waals surface area contributed by atoms with Gasteiger partial charge in [0.25, 0.3) is 0 Å². The number of nitrogens with two attached hydrogens (primary N) is 1. The van der Waals surface area contributed by atoms with E-state index in [1.54, 1.807) is 19.1 Å². The van der Waals surface area contributed by atoms with E-state index in [1.165, 1.54) is 0 Å². The molecule has 86 valence electrons. The van der Waals surface area contributed by atoms with Crippen molar-refractivity contribution in [1.82, 2.24) is 0 Å². The topological polar surface area (TPSA) is 52.3 Å². The van der Waals surface area contributed by atoms with Crippen LogP contribution in [0.1, 0.15) is 32.6 Å². The molecule has 0 aliphatic rings. The van der Waals surface area contributed by atoms with Crippen molar-refractivity contribution < 1.29 is 9.53 Å². The summed E-state index contributed by atoms with van der Waals surface area (Å²) in [4.78, 5) is 11.7. The first kappa shape index (κ1) is 13.9. The van der Waals surface area contributed by atoms with Gasteiger partial charge in [-0.2, -0.15) is 0 Å². The second-order valence-corrected chi connectivity index (χ2v) is 3.53. The van der Waals surface area contributed by atoms with Gasteiger partial charge < -0.3 is 10.5 Å². The van der Waals surface area contributed by atoms with Crippen molar-refractivity contribution in [3.05, 3.63) is 25.3 Å². The van der Waals surface area contributed by atoms with E-state index in [-0.39, 0.29) is 5.97 Å². The summed E-state index contributed by atoms with van der Waals surface area (Å²) >= 11 is 0. The lowest BCUT2D eigenvalue weighted by molar-refractivity contribution is -0.150. The Morgan fingerprint density at radius 1 is 1.33 bits per heavy atom. The highest BCUT2D eigenvalue weighted by Gasteiger charge is 2.33. The van der Waals surface area contributed by atoms with Crippen LogP contribution in [0.15, 0.2) is 25.3 Å². The monoisotopic (exact) mass is 211 g/mol. The van der Waals surface area contributed by atoms with Crippen LogP contribution in [0.25, 0.3) is 0 Å². The van der Waals surface area contributed by atoms with Gasteiger partial charge in [-0.05, 0) is 32.6 Å². The van der Waals surface area contributed by atoms with Gasteiger partial charge in [0.05, 0.1) is 6.61 Å². The predicted octanol–water partition coefficient (Wildman–Crippen LogP) is 2.18. The molecule has 0 spiro atoms. The molecule has 3 heteroatoms. The molecule has 0 aliphatic carbocycles. The number of hydrogen-bond acceptors (Lipinski definition) is 3. The lowest BCUT2D eigenvalue weighted by atomic mass is 9.89. The van der Waals surface area contributed by atoms with E-state index in [0.717, 1.165) is 0 Å². The molecule has 0 saturated carbocycles. The lowest BCUT2D eigenvalue weighted by Gasteiger charge is -2.26. The first-order valence-electron chi connectivity index (χ1n) is 5.28. The Morgan fingerprint density at radius 3 is 2.13 bits per heavy atom. The van der Waals surface area contributed by atoms with Crippen molar-refractivity contribution in [1.29, 1.82) is 0 Å². The van der Waals surface area contributed by atoms with Crippen molar-refractivity contribution in [2.24, 2.45) is 5.73 Å². The average molecular weight is 211 g/mol. The Balaban J connectivity index is 4.43. The summed E-state index contributed by atoms with van der Waals surface area (Å²) in [6, 6.07) is 0. The maximum absolute atomic E-state index is 11.7. The molecule has 3 nitrogen and oxygen atoms in total. The van der Waals surface area contributed by atoms with Gasteiger partial charge in [0, 0.05) is 0 Å². The van der Waals surface area contributed by atoms with Gasteiger partial charge >= 0.3 is 5.97 Å². The Hall–Kier alpha value is -1.09. The van der Waals surface area contributed by atoms with Gasteiger partial charge in [-0.3, -0.25) is 4.79 Å². The highest BCUT2D eigenvalue weighted by molar-refractivity contribution is 5.80. The fourth-order valence-corrected chi connectivity index (χ4v) is 1.32. The molecule has 0 rings (SSSR count). The van der Waals surface area contributed by atoms with E-state index in [4.69, 9.17) is 10.5 Å². The highest BCUT2D eigenvalue weighted by Crippen LogP contribution is 2.19. The van der Waals surface area contributed by atoms with Crippen LogP contribution in [0.5, 0.6) is 0 Å². The van der Waals surface area contributed by atoms with E-state index in [1.807, 2.05) is 0 Å². The molecule has 0 unspecified atom stereocenters. The molecule has 0 aromatic rings. The number of esters is 1. The summed E-state index contributed by atoms with van der Waals surface area (Å²) in [6.45, 7) is 9.38. The van der Waals surface area contributed by atoms with Crippen molar-refractivity contribution in [2.45, 2.75) is 38.1 Å². The van der Waals surface area contributed by atoms with Gasteiger partial charge in [-0.15, -0.1) is 13.2 Å². The zero-order valence-electron chi connectivity index (χ0n) is 9.50. The van der Waals surface area contributed by atoms with Crippen LogP contribution in [0.4, 0.5) is 0 Å². The van der Waals surface area contributed by atoms with Gasteiger partial charge in [0.2, 0.25) is 0 Å². The molecule has 0 heterocycles. The summed E-state index contributed by atoms with van der Waals surface area (Å²) in [5.41, 5.74) is 5.14. The van der Waals surface area contributed by atoms with Crippen LogP contribution in [0.2, 0.25) is 0 Å². The fraction of sp³-hybridized carbons (Fsp3) is 0.583. The van der Waals surface area contributed by atoms with Crippen molar-refractivity contribution in [2.75, 3.05) is 6.61 Å². The van der Waals surface area contributed by atoms with Crippen molar-refractivity contribution in [3.8, 4) is 0 Å². The number of carbonyl (C=O) groups excluding carboxylic acids is 1. The van der Waals surface area contributed by atoms with Crippen LogP contribution in [-0.4, -0.2) is 18.1 Å². The van der Waals surface area contributed by atoms with Crippen LogP contribution in [-0.2, 0) is 9.53 Å². The molecule has 0 radical (unpaired) electrons.